The minimum absolute atomic E-state index is 0.229. The van der Waals surface area contributed by atoms with Gasteiger partial charge in [-0.3, -0.25) is 4.79 Å². The molecule has 0 aromatic carbocycles. The maximum Gasteiger partial charge on any atom is 0.341 e. The first kappa shape index (κ1) is 16.9. The molecule has 1 N–H and O–H groups in total. The van der Waals surface area contributed by atoms with Crippen LogP contribution >= 0.6 is 22.7 Å². The largest absolute Gasteiger partial charge is 0.462 e. The van der Waals surface area contributed by atoms with E-state index in [-0.39, 0.29) is 11.9 Å². The van der Waals surface area contributed by atoms with E-state index in [4.69, 9.17) is 4.74 Å². The minimum atomic E-state index is -0.338. The Hall–Kier alpha value is -1.92. The summed E-state index contributed by atoms with van der Waals surface area (Å²) in [4.78, 5) is 26.8. The van der Waals surface area contributed by atoms with Gasteiger partial charge < -0.3 is 10.1 Å². The van der Waals surface area contributed by atoms with Crippen LogP contribution in [-0.4, -0.2) is 18.5 Å². The number of aryl methyl sites for hydroxylation is 1. The Morgan fingerprint density at radius 2 is 2.17 bits per heavy atom. The maximum atomic E-state index is 12.3. The average molecular weight is 361 g/mol. The Morgan fingerprint density at radius 3 is 2.92 bits per heavy atom. The van der Waals surface area contributed by atoms with Crippen molar-refractivity contribution in [1.82, 2.24) is 0 Å². The van der Waals surface area contributed by atoms with Crippen molar-refractivity contribution in [1.29, 1.82) is 0 Å². The van der Waals surface area contributed by atoms with Crippen molar-refractivity contribution in [3.05, 3.63) is 44.5 Å². The van der Waals surface area contributed by atoms with Crippen LogP contribution in [0.3, 0.4) is 0 Å². The summed E-state index contributed by atoms with van der Waals surface area (Å²) in [5, 5.41) is 5.44. The summed E-state index contributed by atoms with van der Waals surface area (Å²) < 4.78 is 5.19. The van der Waals surface area contributed by atoms with Gasteiger partial charge in [-0.25, -0.2) is 4.79 Å². The lowest BCUT2D eigenvalue weighted by atomic mass is 9.95. The van der Waals surface area contributed by atoms with Crippen molar-refractivity contribution in [2.75, 3.05) is 11.9 Å². The smallest absolute Gasteiger partial charge is 0.341 e. The predicted molar refractivity (Wildman–Crippen MR) is 98.9 cm³/mol. The fraction of sp³-hybridized carbons (Fsp3) is 0.333. The molecular weight excluding hydrogens is 342 g/mol. The highest BCUT2D eigenvalue weighted by Crippen LogP contribution is 2.38. The number of amides is 1. The second-order valence-electron chi connectivity index (χ2n) is 5.47. The Bertz CT molecular complexity index is 760. The second-order valence-corrected chi connectivity index (χ2v) is 7.56. The van der Waals surface area contributed by atoms with Crippen LogP contribution in [0.15, 0.2) is 23.6 Å². The van der Waals surface area contributed by atoms with Gasteiger partial charge in [-0.2, -0.15) is 0 Å². The SMILES string of the molecule is CCOC(=O)c1c(NC(=O)/C=C/c2cccs2)sc2c1CCCC2. The van der Waals surface area contributed by atoms with Crippen molar-refractivity contribution < 1.29 is 14.3 Å². The number of hydrogen-bond donors (Lipinski definition) is 1. The van der Waals surface area contributed by atoms with Crippen molar-refractivity contribution in [3.8, 4) is 0 Å². The van der Waals surface area contributed by atoms with E-state index in [1.54, 1.807) is 24.3 Å². The first-order chi connectivity index (χ1) is 11.7. The molecule has 1 aliphatic carbocycles. The first-order valence-electron chi connectivity index (χ1n) is 8.03. The number of carbonyl (C=O) groups excluding carboxylic acids is 2. The van der Waals surface area contributed by atoms with Gasteiger partial charge >= 0.3 is 5.97 Å². The summed E-state index contributed by atoms with van der Waals surface area (Å²) in [6.07, 6.45) is 7.31. The monoisotopic (exact) mass is 361 g/mol. The van der Waals surface area contributed by atoms with Crippen LogP contribution in [0.4, 0.5) is 5.00 Å². The third-order valence-electron chi connectivity index (χ3n) is 3.83. The lowest BCUT2D eigenvalue weighted by molar-refractivity contribution is -0.111. The zero-order chi connectivity index (χ0) is 16.9. The molecule has 0 saturated heterocycles. The number of nitrogens with one attached hydrogen (secondary N) is 1. The molecule has 3 rings (SSSR count). The molecule has 0 unspecified atom stereocenters. The summed E-state index contributed by atoms with van der Waals surface area (Å²) in [6, 6.07) is 3.89. The fourth-order valence-corrected chi connectivity index (χ4v) is 4.67. The third-order valence-corrected chi connectivity index (χ3v) is 5.87. The molecule has 1 aliphatic rings. The molecule has 2 aromatic rings. The summed E-state index contributed by atoms with van der Waals surface area (Å²) in [5.41, 5.74) is 1.61. The summed E-state index contributed by atoms with van der Waals surface area (Å²) in [6.45, 7) is 2.12. The highest BCUT2D eigenvalue weighted by molar-refractivity contribution is 7.17. The van der Waals surface area contributed by atoms with Gasteiger partial charge in [0.05, 0.1) is 12.2 Å². The van der Waals surface area contributed by atoms with Crippen LogP contribution in [0, 0.1) is 0 Å². The molecular formula is C18H19NO3S2. The van der Waals surface area contributed by atoms with E-state index in [0.717, 1.165) is 36.1 Å². The molecule has 24 heavy (non-hydrogen) atoms. The Labute approximate surface area is 149 Å². The van der Waals surface area contributed by atoms with E-state index in [9.17, 15) is 9.59 Å². The van der Waals surface area contributed by atoms with Crippen molar-refractivity contribution in [2.45, 2.75) is 32.6 Å². The molecule has 0 saturated carbocycles. The predicted octanol–water partition coefficient (Wildman–Crippen LogP) is 4.52. The summed E-state index contributed by atoms with van der Waals surface area (Å²) in [5.74, 6) is -0.568. The van der Waals surface area contributed by atoms with Crippen molar-refractivity contribution in [3.63, 3.8) is 0 Å². The summed E-state index contributed by atoms with van der Waals surface area (Å²) in [7, 11) is 0. The van der Waals surface area contributed by atoms with Gasteiger partial charge in [0.15, 0.2) is 0 Å². The number of thiophene rings is 2. The normalized spacial score (nSPS) is 13.7. The molecule has 6 heteroatoms. The Kier molecular flexibility index (Phi) is 5.48. The van der Waals surface area contributed by atoms with E-state index >= 15 is 0 Å². The standard InChI is InChI=1S/C18H19NO3S2/c1-2-22-18(21)16-13-7-3-4-8-14(13)24-17(16)19-15(20)10-9-12-6-5-11-23-12/h5-6,9-11H,2-4,7-8H2,1H3,(H,19,20)/b10-9+. The molecule has 0 aliphatic heterocycles. The van der Waals surface area contributed by atoms with Gasteiger partial charge in [-0.15, -0.1) is 22.7 Å². The molecule has 1 amide bonds. The lowest BCUT2D eigenvalue weighted by Gasteiger charge is -2.12. The highest BCUT2D eigenvalue weighted by atomic mass is 32.1. The molecule has 0 radical (unpaired) electrons. The van der Waals surface area contributed by atoms with E-state index in [0.29, 0.717) is 17.2 Å². The molecule has 126 valence electrons. The molecule has 0 spiro atoms. The van der Waals surface area contributed by atoms with Crippen LogP contribution < -0.4 is 5.32 Å². The second kappa shape index (κ2) is 7.77. The van der Waals surface area contributed by atoms with E-state index < -0.39 is 0 Å². The zero-order valence-corrected chi connectivity index (χ0v) is 15.1. The number of esters is 1. The van der Waals surface area contributed by atoms with E-state index in [1.165, 1.54) is 22.3 Å². The molecule has 0 fully saturated rings. The van der Waals surface area contributed by atoms with Gasteiger partial charge in [-0.05, 0) is 55.7 Å². The zero-order valence-electron chi connectivity index (χ0n) is 13.5. The van der Waals surface area contributed by atoms with Crippen LogP contribution in [0.25, 0.3) is 6.08 Å². The summed E-state index contributed by atoms with van der Waals surface area (Å²) >= 11 is 3.07. The van der Waals surface area contributed by atoms with Gasteiger partial charge in [-0.1, -0.05) is 6.07 Å². The van der Waals surface area contributed by atoms with Gasteiger partial charge in [0.25, 0.3) is 0 Å². The lowest BCUT2D eigenvalue weighted by Crippen LogP contribution is -2.14. The van der Waals surface area contributed by atoms with E-state index in [2.05, 4.69) is 5.32 Å². The van der Waals surface area contributed by atoms with Crippen LogP contribution in [0.5, 0.6) is 0 Å². The average Bonchev–Trinajstić information content (AvgIpc) is 3.20. The minimum Gasteiger partial charge on any atom is -0.462 e. The topological polar surface area (TPSA) is 55.4 Å². The van der Waals surface area contributed by atoms with Gasteiger partial charge in [0.2, 0.25) is 5.91 Å². The number of rotatable bonds is 5. The molecule has 0 atom stereocenters. The van der Waals surface area contributed by atoms with Crippen molar-refractivity contribution in [2.24, 2.45) is 0 Å². The third kappa shape index (κ3) is 3.76. The first-order valence-corrected chi connectivity index (χ1v) is 9.73. The number of ether oxygens (including phenoxy) is 1. The molecule has 2 heterocycles. The van der Waals surface area contributed by atoms with Crippen LogP contribution in [-0.2, 0) is 22.4 Å². The maximum absolute atomic E-state index is 12.3. The van der Waals surface area contributed by atoms with Gasteiger partial charge in [0.1, 0.15) is 5.00 Å². The molecule has 2 aromatic heterocycles. The molecule has 0 bridgehead atoms. The van der Waals surface area contributed by atoms with Crippen molar-refractivity contribution >= 4 is 45.6 Å². The quantitative estimate of drug-likeness (QED) is 0.629. The number of fused-ring (bicyclic) bond motifs is 1. The Balaban J connectivity index is 1.82. The van der Waals surface area contributed by atoms with Gasteiger partial charge in [0, 0.05) is 15.8 Å². The van der Waals surface area contributed by atoms with Crippen LogP contribution in [0.1, 0.15) is 45.4 Å². The number of hydrogen-bond acceptors (Lipinski definition) is 5. The van der Waals surface area contributed by atoms with Crippen LogP contribution in [0.2, 0.25) is 0 Å². The Morgan fingerprint density at radius 1 is 1.33 bits per heavy atom. The highest BCUT2D eigenvalue weighted by Gasteiger charge is 2.26. The number of anilines is 1. The van der Waals surface area contributed by atoms with E-state index in [1.807, 2.05) is 17.5 Å². The molecule has 4 nitrogen and oxygen atoms in total. The fourth-order valence-electron chi connectivity index (χ4n) is 2.77. The number of carbonyl (C=O) groups is 2.